The largest absolute Gasteiger partial charge is 0.416 e. The number of fused-ring (bicyclic) bond motifs is 1. The molecule has 4 aromatic rings. The molecule has 0 spiro atoms. The van der Waals surface area contributed by atoms with Crippen LogP contribution in [-0.4, -0.2) is 57.0 Å². The highest BCUT2D eigenvalue weighted by Crippen LogP contribution is 2.31. The van der Waals surface area contributed by atoms with Crippen LogP contribution in [-0.2, 0) is 17.5 Å². The van der Waals surface area contributed by atoms with Gasteiger partial charge in [0.2, 0.25) is 17.6 Å². The van der Waals surface area contributed by atoms with Gasteiger partial charge in [-0.05, 0) is 30.3 Å². The van der Waals surface area contributed by atoms with Crippen LogP contribution in [0.3, 0.4) is 0 Å². The third-order valence-electron chi connectivity index (χ3n) is 5.64. The first kappa shape index (κ1) is 23.2. The normalized spacial score (nSPS) is 15.3. The second kappa shape index (κ2) is 9.59. The van der Waals surface area contributed by atoms with Gasteiger partial charge in [-0.25, -0.2) is 4.98 Å². The van der Waals surface area contributed by atoms with Crippen LogP contribution in [0, 0.1) is 0 Å². The lowest BCUT2D eigenvalue weighted by molar-refractivity contribution is -0.137. The summed E-state index contributed by atoms with van der Waals surface area (Å²) >= 11 is 1.53. The number of hydrogen-bond donors (Lipinski definition) is 0. The van der Waals surface area contributed by atoms with E-state index in [1.165, 1.54) is 23.5 Å². The zero-order valence-corrected chi connectivity index (χ0v) is 19.2. The molecule has 7 nitrogen and oxygen atoms in total. The number of thiazole rings is 1. The van der Waals surface area contributed by atoms with Crippen molar-refractivity contribution in [3.63, 3.8) is 0 Å². The topological polar surface area (TPSA) is 75.4 Å². The quantitative estimate of drug-likeness (QED) is 0.370. The minimum atomic E-state index is -4.44. The standard InChI is InChI=1S/C24H20F3N5O2S/c25-24(26,27)17-5-3-4-16(14-17)23-29-20(34-30-23)15-31-10-12-32(13-11-31)22(33)9-8-21-28-18-6-1-2-7-19(18)35-21/h1-9,14H,10-13,15H2/b9-8+. The molecular formula is C24H20F3N5O2S. The Morgan fingerprint density at radius 1 is 1.06 bits per heavy atom. The van der Waals surface area contributed by atoms with E-state index in [2.05, 4.69) is 20.0 Å². The van der Waals surface area contributed by atoms with Crippen molar-refractivity contribution in [1.82, 2.24) is 24.9 Å². The number of para-hydroxylation sites is 1. The maximum absolute atomic E-state index is 13.0. The first-order chi connectivity index (χ1) is 16.8. The van der Waals surface area contributed by atoms with Gasteiger partial charge in [0.05, 0.1) is 22.3 Å². The molecule has 1 saturated heterocycles. The molecule has 0 atom stereocenters. The molecule has 2 aromatic carbocycles. The van der Waals surface area contributed by atoms with Crippen molar-refractivity contribution in [3.8, 4) is 11.4 Å². The lowest BCUT2D eigenvalue weighted by Crippen LogP contribution is -2.47. The monoisotopic (exact) mass is 499 g/mol. The SMILES string of the molecule is O=C(/C=C/c1nc2ccccc2s1)N1CCN(Cc2nc(-c3cccc(C(F)(F)F)c3)no2)CC1. The van der Waals surface area contributed by atoms with Crippen LogP contribution in [0.5, 0.6) is 0 Å². The second-order valence-corrected chi connectivity index (χ2v) is 9.11. The summed E-state index contributed by atoms with van der Waals surface area (Å²) in [6, 6.07) is 12.7. The highest BCUT2D eigenvalue weighted by atomic mass is 32.1. The van der Waals surface area contributed by atoms with E-state index in [1.54, 1.807) is 17.1 Å². The Balaban J connectivity index is 1.15. The van der Waals surface area contributed by atoms with Crippen LogP contribution >= 0.6 is 11.3 Å². The summed E-state index contributed by atoms with van der Waals surface area (Å²) in [6.07, 6.45) is -1.15. The van der Waals surface area contributed by atoms with Gasteiger partial charge in [-0.1, -0.05) is 29.4 Å². The van der Waals surface area contributed by atoms with Crippen molar-refractivity contribution in [1.29, 1.82) is 0 Å². The van der Waals surface area contributed by atoms with Crippen molar-refractivity contribution >= 4 is 33.5 Å². The van der Waals surface area contributed by atoms with Crippen molar-refractivity contribution in [2.75, 3.05) is 26.2 Å². The number of halogens is 3. The van der Waals surface area contributed by atoms with E-state index in [1.807, 2.05) is 24.3 Å². The second-order valence-electron chi connectivity index (χ2n) is 8.04. The first-order valence-electron chi connectivity index (χ1n) is 10.9. The molecular weight excluding hydrogens is 479 g/mol. The van der Waals surface area contributed by atoms with Crippen molar-refractivity contribution in [2.45, 2.75) is 12.7 Å². The molecule has 0 radical (unpaired) electrons. The molecule has 1 aliphatic rings. The van der Waals surface area contributed by atoms with Gasteiger partial charge in [0, 0.05) is 37.8 Å². The summed E-state index contributed by atoms with van der Waals surface area (Å²) in [4.78, 5) is 25.2. The van der Waals surface area contributed by atoms with Gasteiger partial charge in [-0.2, -0.15) is 18.2 Å². The molecule has 11 heteroatoms. The summed E-state index contributed by atoms with van der Waals surface area (Å²) in [7, 11) is 0. The molecule has 3 heterocycles. The molecule has 5 rings (SSSR count). The van der Waals surface area contributed by atoms with Crippen LogP contribution in [0.15, 0.2) is 59.1 Å². The number of amides is 1. The Morgan fingerprint density at radius 2 is 1.86 bits per heavy atom. The molecule has 1 aliphatic heterocycles. The van der Waals surface area contributed by atoms with Gasteiger partial charge in [0.25, 0.3) is 0 Å². The van der Waals surface area contributed by atoms with Crippen LogP contribution in [0.1, 0.15) is 16.5 Å². The summed E-state index contributed by atoms with van der Waals surface area (Å²) < 4.78 is 45.2. The first-order valence-corrected chi connectivity index (χ1v) is 11.7. The van der Waals surface area contributed by atoms with Gasteiger partial charge >= 0.3 is 6.18 Å². The number of alkyl halides is 3. The lowest BCUT2D eigenvalue weighted by atomic mass is 10.1. The Morgan fingerprint density at radius 3 is 2.63 bits per heavy atom. The number of hydrogen-bond acceptors (Lipinski definition) is 7. The van der Waals surface area contributed by atoms with E-state index in [9.17, 15) is 18.0 Å². The number of benzene rings is 2. The Kier molecular flexibility index (Phi) is 6.35. The zero-order valence-electron chi connectivity index (χ0n) is 18.4. The molecule has 0 aliphatic carbocycles. The summed E-state index contributed by atoms with van der Waals surface area (Å²) in [6.45, 7) is 2.66. The highest BCUT2D eigenvalue weighted by Gasteiger charge is 2.31. The van der Waals surface area contributed by atoms with E-state index in [4.69, 9.17) is 4.52 Å². The number of carbonyl (C=O) groups is 1. The fraction of sp³-hybridized carbons (Fsp3) is 0.250. The Bertz CT molecular complexity index is 1340. The fourth-order valence-electron chi connectivity index (χ4n) is 3.80. The molecule has 2 aromatic heterocycles. The highest BCUT2D eigenvalue weighted by molar-refractivity contribution is 7.19. The average Bonchev–Trinajstić information content (AvgIpc) is 3.49. The minimum Gasteiger partial charge on any atom is -0.338 e. The number of nitrogens with zero attached hydrogens (tertiary/aromatic N) is 5. The number of carbonyl (C=O) groups excluding carboxylic acids is 1. The summed E-state index contributed by atoms with van der Waals surface area (Å²) in [5.41, 5.74) is 0.389. The molecule has 0 saturated carbocycles. The van der Waals surface area contributed by atoms with Gasteiger partial charge in [-0.3, -0.25) is 9.69 Å². The lowest BCUT2D eigenvalue weighted by Gasteiger charge is -2.33. The summed E-state index contributed by atoms with van der Waals surface area (Å²) in [5.74, 6) is 0.348. The van der Waals surface area contributed by atoms with Crippen LogP contribution < -0.4 is 0 Å². The Hall–Kier alpha value is -3.57. The summed E-state index contributed by atoms with van der Waals surface area (Å²) in [5, 5.41) is 4.61. The van der Waals surface area contributed by atoms with Crippen molar-refractivity contribution < 1.29 is 22.5 Å². The van der Waals surface area contributed by atoms with Crippen LogP contribution in [0.2, 0.25) is 0 Å². The zero-order chi connectivity index (χ0) is 24.4. The van der Waals surface area contributed by atoms with E-state index in [0.29, 0.717) is 38.6 Å². The molecule has 1 fully saturated rings. The molecule has 35 heavy (non-hydrogen) atoms. The predicted molar refractivity (Wildman–Crippen MR) is 125 cm³/mol. The maximum Gasteiger partial charge on any atom is 0.416 e. The van der Waals surface area contributed by atoms with E-state index in [-0.39, 0.29) is 17.3 Å². The van der Waals surface area contributed by atoms with Gasteiger partial charge < -0.3 is 9.42 Å². The number of piperazine rings is 1. The van der Waals surface area contributed by atoms with Gasteiger partial charge in [0.1, 0.15) is 5.01 Å². The van der Waals surface area contributed by atoms with Crippen LogP contribution in [0.4, 0.5) is 13.2 Å². The van der Waals surface area contributed by atoms with Crippen LogP contribution in [0.25, 0.3) is 27.7 Å². The molecule has 1 amide bonds. The molecule has 0 N–H and O–H groups in total. The predicted octanol–water partition coefficient (Wildman–Crippen LogP) is 4.72. The van der Waals surface area contributed by atoms with Crippen molar-refractivity contribution in [2.24, 2.45) is 0 Å². The molecule has 0 bridgehead atoms. The van der Waals surface area contributed by atoms with Gasteiger partial charge in [0.15, 0.2) is 0 Å². The number of aromatic nitrogens is 3. The third-order valence-corrected chi connectivity index (χ3v) is 6.64. The molecule has 0 unspecified atom stereocenters. The number of rotatable bonds is 5. The maximum atomic E-state index is 13.0. The van der Waals surface area contributed by atoms with Crippen molar-refractivity contribution in [3.05, 3.63) is 71.1 Å². The third kappa shape index (κ3) is 5.41. The fourth-order valence-corrected chi connectivity index (χ4v) is 4.67. The average molecular weight is 500 g/mol. The minimum absolute atomic E-state index is 0.0754. The van der Waals surface area contributed by atoms with E-state index in [0.717, 1.165) is 27.4 Å². The van der Waals surface area contributed by atoms with E-state index >= 15 is 0 Å². The van der Waals surface area contributed by atoms with Gasteiger partial charge in [-0.15, -0.1) is 11.3 Å². The molecule has 180 valence electrons. The van der Waals surface area contributed by atoms with E-state index < -0.39 is 11.7 Å². The Labute approximate surface area is 202 Å². The smallest absolute Gasteiger partial charge is 0.338 e.